The number of carbonyl (C=O) groups is 1. The van der Waals surface area contributed by atoms with Crippen molar-refractivity contribution in [2.24, 2.45) is 11.7 Å². The molecule has 0 aliphatic carbocycles. The van der Waals surface area contributed by atoms with Crippen LogP contribution in [-0.4, -0.2) is 24.2 Å². The number of carboxylic acids is 1. The third-order valence-electron chi connectivity index (χ3n) is 3.17. The molecule has 2 unspecified atom stereocenters. The first-order chi connectivity index (χ1) is 8.54. The Balaban J connectivity index is 2.39. The molecule has 0 saturated carbocycles. The molecule has 0 aromatic heterocycles. The van der Waals surface area contributed by atoms with E-state index >= 15 is 0 Å². The van der Waals surface area contributed by atoms with Gasteiger partial charge in [0, 0.05) is 6.04 Å². The molecule has 18 heavy (non-hydrogen) atoms. The molecule has 4 nitrogen and oxygen atoms in total. The van der Waals surface area contributed by atoms with Gasteiger partial charge in [-0.1, -0.05) is 19.1 Å². The van der Waals surface area contributed by atoms with Crippen molar-refractivity contribution in [2.75, 3.05) is 7.11 Å². The molecule has 100 valence electrons. The summed E-state index contributed by atoms with van der Waals surface area (Å²) in [6, 6.07) is 7.60. The quantitative estimate of drug-likeness (QED) is 0.778. The van der Waals surface area contributed by atoms with E-state index in [2.05, 4.69) is 0 Å². The van der Waals surface area contributed by atoms with Crippen molar-refractivity contribution in [1.29, 1.82) is 0 Å². The fraction of sp³-hybridized carbons (Fsp3) is 0.500. The molecule has 0 saturated heterocycles. The zero-order valence-electron chi connectivity index (χ0n) is 10.9. The Morgan fingerprint density at radius 1 is 1.50 bits per heavy atom. The maximum absolute atomic E-state index is 10.8. The van der Waals surface area contributed by atoms with Gasteiger partial charge in [0.25, 0.3) is 0 Å². The molecule has 0 bridgehead atoms. The van der Waals surface area contributed by atoms with E-state index in [4.69, 9.17) is 15.6 Å². The van der Waals surface area contributed by atoms with Crippen LogP contribution in [0.2, 0.25) is 0 Å². The number of carboxylic acid groups (broad SMARTS) is 1. The number of benzene rings is 1. The number of ether oxygens (including phenoxy) is 1. The Labute approximate surface area is 108 Å². The van der Waals surface area contributed by atoms with Crippen molar-refractivity contribution in [1.82, 2.24) is 0 Å². The first-order valence-electron chi connectivity index (χ1n) is 6.16. The van der Waals surface area contributed by atoms with Crippen molar-refractivity contribution < 1.29 is 14.6 Å². The second-order valence-corrected chi connectivity index (χ2v) is 4.53. The number of aliphatic carboxylic acids is 1. The lowest BCUT2D eigenvalue weighted by molar-refractivity contribution is -0.141. The highest BCUT2D eigenvalue weighted by molar-refractivity contribution is 5.70. The van der Waals surface area contributed by atoms with E-state index in [-0.39, 0.29) is 6.04 Å². The summed E-state index contributed by atoms with van der Waals surface area (Å²) >= 11 is 0. The third kappa shape index (κ3) is 4.37. The Bertz CT molecular complexity index is 392. The molecule has 1 aromatic rings. The summed E-state index contributed by atoms with van der Waals surface area (Å²) in [5.41, 5.74) is 7.02. The minimum Gasteiger partial charge on any atom is -0.497 e. The number of hydrogen-bond acceptors (Lipinski definition) is 3. The molecular formula is C14H21NO3. The average molecular weight is 251 g/mol. The monoisotopic (exact) mass is 251 g/mol. The number of hydrogen-bond donors (Lipinski definition) is 2. The molecule has 0 spiro atoms. The summed E-state index contributed by atoms with van der Waals surface area (Å²) in [6.07, 6.45) is 2.48. The average Bonchev–Trinajstić information content (AvgIpc) is 2.37. The highest BCUT2D eigenvalue weighted by Gasteiger charge is 2.19. The second kappa shape index (κ2) is 7.01. The van der Waals surface area contributed by atoms with E-state index in [1.165, 1.54) is 5.56 Å². The van der Waals surface area contributed by atoms with Gasteiger partial charge in [0.2, 0.25) is 0 Å². The summed E-state index contributed by atoms with van der Waals surface area (Å²) in [5.74, 6) is -0.477. The first-order valence-corrected chi connectivity index (χ1v) is 6.16. The van der Waals surface area contributed by atoms with Gasteiger partial charge in [0.15, 0.2) is 0 Å². The van der Waals surface area contributed by atoms with Crippen LogP contribution in [-0.2, 0) is 11.2 Å². The summed E-state index contributed by atoms with van der Waals surface area (Å²) in [6.45, 7) is 1.65. The van der Waals surface area contributed by atoms with Gasteiger partial charge in [-0.25, -0.2) is 0 Å². The van der Waals surface area contributed by atoms with Crippen LogP contribution in [0.1, 0.15) is 25.3 Å². The van der Waals surface area contributed by atoms with Crippen molar-refractivity contribution in [3.63, 3.8) is 0 Å². The molecule has 1 rings (SSSR count). The van der Waals surface area contributed by atoms with Gasteiger partial charge in [0.1, 0.15) is 5.75 Å². The molecule has 0 fully saturated rings. The van der Waals surface area contributed by atoms with Crippen LogP contribution in [0.4, 0.5) is 0 Å². The van der Waals surface area contributed by atoms with E-state index in [1.54, 1.807) is 14.0 Å². The molecule has 2 atom stereocenters. The molecule has 1 aromatic carbocycles. The fourth-order valence-electron chi connectivity index (χ4n) is 1.80. The van der Waals surface area contributed by atoms with E-state index in [0.29, 0.717) is 6.42 Å². The van der Waals surface area contributed by atoms with Crippen molar-refractivity contribution in [2.45, 2.75) is 32.2 Å². The SMILES string of the molecule is COc1cccc(CCCC(N)C(C)C(=O)O)c1. The zero-order chi connectivity index (χ0) is 13.5. The summed E-state index contributed by atoms with van der Waals surface area (Å²) in [5, 5.41) is 8.84. The van der Waals surface area contributed by atoms with Gasteiger partial charge in [-0.2, -0.15) is 0 Å². The molecule has 0 radical (unpaired) electrons. The smallest absolute Gasteiger partial charge is 0.307 e. The van der Waals surface area contributed by atoms with E-state index in [1.807, 2.05) is 24.3 Å². The Kier molecular flexibility index (Phi) is 5.65. The highest BCUT2D eigenvalue weighted by Crippen LogP contribution is 2.16. The molecule has 0 heterocycles. The molecule has 3 N–H and O–H groups in total. The topological polar surface area (TPSA) is 72.5 Å². The van der Waals surface area contributed by atoms with Gasteiger partial charge >= 0.3 is 5.97 Å². The van der Waals surface area contributed by atoms with E-state index in [0.717, 1.165) is 18.6 Å². The largest absolute Gasteiger partial charge is 0.497 e. The molecule has 0 aliphatic heterocycles. The molecular weight excluding hydrogens is 230 g/mol. The number of aryl methyl sites for hydroxylation is 1. The Hall–Kier alpha value is -1.55. The lowest BCUT2D eigenvalue weighted by Gasteiger charge is -2.15. The minimum atomic E-state index is -0.830. The number of nitrogens with two attached hydrogens (primary N) is 1. The Morgan fingerprint density at radius 2 is 2.22 bits per heavy atom. The summed E-state index contributed by atoms with van der Waals surface area (Å²) in [4.78, 5) is 10.8. The lowest BCUT2D eigenvalue weighted by atomic mass is 9.96. The van der Waals surface area contributed by atoms with Crippen LogP contribution >= 0.6 is 0 Å². The van der Waals surface area contributed by atoms with Gasteiger partial charge < -0.3 is 15.6 Å². The highest BCUT2D eigenvalue weighted by atomic mass is 16.5. The summed E-state index contributed by atoms with van der Waals surface area (Å²) in [7, 11) is 1.64. The van der Waals surface area contributed by atoms with E-state index < -0.39 is 11.9 Å². The van der Waals surface area contributed by atoms with Crippen LogP contribution in [0.3, 0.4) is 0 Å². The fourth-order valence-corrected chi connectivity index (χ4v) is 1.80. The van der Waals surface area contributed by atoms with Crippen molar-refractivity contribution in [3.05, 3.63) is 29.8 Å². The van der Waals surface area contributed by atoms with Crippen LogP contribution in [0.15, 0.2) is 24.3 Å². The zero-order valence-corrected chi connectivity index (χ0v) is 10.9. The standard InChI is InChI=1S/C14H21NO3/c1-10(14(16)17)13(15)8-4-6-11-5-3-7-12(9-11)18-2/h3,5,7,9-10,13H,4,6,8,15H2,1-2H3,(H,16,17). The van der Waals surface area contributed by atoms with E-state index in [9.17, 15) is 4.79 Å². The molecule has 0 aliphatic rings. The van der Waals surface area contributed by atoms with Gasteiger partial charge in [-0.15, -0.1) is 0 Å². The van der Waals surface area contributed by atoms with Crippen LogP contribution in [0.25, 0.3) is 0 Å². The molecule has 4 heteroatoms. The predicted octanol–water partition coefficient (Wildman–Crippen LogP) is 2.07. The second-order valence-electron chi connectivity index (χ2n) is 4.53. The summed E-state index contributed by atoms with van der Waals surface area (Å²) < 4.78 is 5.15. The van der Waals surface area contributed by atoms with Crippen LogP contribution < -0.4 is 10.5 Å². The maximum Gasteiger partial charge on any atom is 0.307 e. The normalized spacial score (nSPS) is 13.9. The third-order valence-corrected chi connectivity index (χ3v) is 3.17. The lowest BCUT2D eigenvalue weighted by Crippen LogP contribution is -2.33. The van der Waals surface area contributed by atoms with Gasteiger partial charge in [0.05, 0.1) is 13.0 Å². The van der Waals surface area contributed by atoms with Crippen molar-refractivity contribution in [3.8, 4) is 5.75 Å². The minimum absolute atomic E-state index is 0.284. The Morgan fingerprint density at radius 3 is 2.83 bits per heavy atom. The predicted molar refractivity (Wildman–Crippen MR) is 70.7 cm³/mol. The van der Waals surface area contributed by atoms with Gasteiger partial charge in [-0.3, -0.25) is 4.79 Å². The van der Waals surface area contributed by atoms with Crippen molar-refractivity contribution >= 4 is 5.97 Å². The number of methoxy groups -OCH3 is 1. The van der Waals surface area contributed by atoms with Crippen LogP contribution in [0.5, 0.6) is 5.75 Å². The molecule has 0 amide bonds. The van der Waals surface area contributed by atoms with Crippen LogP contribution in [0, 0.1) is 5.92 Å². The maximum atomic E-state index is 10.8. The number of rotatable bonds is 7. The first kappa shape index (κ1) is 14.5. The van der Waals surface area contributed by atoms with Gasteiger partial charge in [-0.05, 0) is 37.0 Å².